The van der Waals surface area contributed by atoms with Gasteiger partial charge in [-0.2, -0.15) is 0 Å². The molecule has 2 aromatic carbocycles. The van der Waals surface area contributed by atoms with E-state index < -0.39 is 11.7 Å². The molecule has 1 amide bonds. The van der Waals surface area contributed by atoms with Crippen molar-refractivity contribution in [1.29, 1.82) is 0 Å². The summed E-state index contributed by atoms with van der Waals surface area (Å²) in [5, 5.41) is 12.8. The third kappa shape index (κ3) is 3.27. The SMILES string of the molecule is O=C(Nc1ccc(C2(O)COC2)cc1)OCc1ccccc1. The standard InChI is InChI=1S/C17H17NO4/c19-16(22-10-13-4-2-1-3-5-13)18-15-8-6-14(7-9-15)17(20)11-21-12-17/h1-9,20H,10-12H2,(H,18,19). The Bertz CT molecular complexity index is 635. The van der Waals surface area contributed by atoms with Gasteiger partial charge < -0.3 is 14.6 Å². The number of ether oxygens (including phenoxy) is 2. The van der Waals surface area contributed by atoms with Crippen LogP contribution in [0.1, 0.15) is 11.1 Å². The van der Waals surface area contributed by atoms with Crippen molar-refractivity contribution in [3.63, 3.8) is 0 Å². The van der Waals surface area contributed by atoms with E-state index in [1.54, 1.807) is 24.3 Å². The first-order valence-electron chi connectivity index (χ1n) is 7.04. The lowest BCUT2D eigenvalue weighted by Crippen LogP contribution is -2.46. The molecule has 5 heteroatoms. The zero-order valence-electron chi connectivity index (χ0n) is 12.0. The van der Waals surface area contributed by atoms with Crippen LogP contribution in [0.15, 0.2) is 54.6 Å². The molecule has 1 fully saturated rings. The molecule has 0 saturated carbocycles. The molecule has 22 heavy (non-hydrogen) atoms. The second-order valence-electron chi connectivity index (χ2n) is 5.29. The zero-order chi connectivity index (χ0) is 15.4. The number of rotatable bonds is 4. The van der Waals surface area contributed by atoms with Gasteiger partial charge in [-0.05, 0) is 23.3 Å². The normalized spacial score (nSPS) is 15.7. The van der Waals surface area contributed by atoms with Gasteiger partial charge in [0.05, 0.1) is 13.2 Å². The number of anilines is 1. The van der Waals surface area contributed by atoms with Gasteiger partial charge in [-0.25, -0.2) is 4.79 Å². The first-order chi connectivity index (χ1) is 10.7. The van der Waals surface area contributed by atoms with Crippen LogP contribution in [0, 0.1) is 0 Å². The number of hydrogen-bond acceptors (Lipinski definition) is 4. The Morgan fingerprint density at radius 1 is 1.14 bits per heavy atom. The summed E-state index contributed by atoms with van der Waals surface area (Å²) >= 11 is 0. The van der Waals surface area contributed by atoms with Crippen molar-refractivity contribution in [2.45, 2.75) is 12.2 Å². The Balaban J connectivity index is 1.53. The molecule has 0 aliphatic carbocycles. The highest BCUT2D eigenvalue weighted by Crippen LogP contribution is 2.29. The molecule has 1 aliphatic heterocycles. The second-order valence-corrected chi connectivity index (χ2v) is 5.29. The Kier molecular flexibility index (Phi) is 4.09. The Hall–Kier alpha value is -2.37. The van der Waals surface area contributed by atoms with Crippen molar-refractivity contribution in [3.05, 3.63) is 65.7 Å². The monoisotopic (exact) mass is 299 g/mol. The molecule has 114 valence electrons. The first kappa shape index (κ1) is 14.6. The van der Waals surface area contributed by atoms with Gasteiger partial charge >= 0.3 is 6.09 Å². The number of carbonyl (C=O) groups is 1. The van der Waals surface area contributed by atoms with Crippen LogP contribution < -0.4 is 5.32 Å². The Morgan fingerprint density at radius 3 is 2.41 bits per heavy atom. The quantitative estimate of drug-likeness (QED) is 0.910. The summed E-state index contributed by atoms with van der Waals surface area (Å²) in [6.07, 6.45) is -0.512. The molecule has 1 heterocycles. The van der Waals surface area contributed by atoms with Gasteiger partial charge in [0.2, 0.25) is 0 Å². The fourth-order valence-electron chi connectivity index (χ4n) is 2.20. The van der Waals surface area contributed by atoms with Gasteiger partial charge in [0, 0.05) is 5.69 Å². The molecule has 1 aliphatic rings. The van der Waals surface area contributed by atoms with Crippen molar-refractivity contribution in [3.8, 4) is 0 Å². The molecule has 0 radical (unpaired) electrons. The number of aliphatic hydroxyl groups is 1. The first-order valence-corrected chi connectivity index (χ1v) is 7.04. The average Bonchev–Trinajstić information content (AvgIpc) is 2.52. The highest BCUT2D eigenvalue weighted by atomic mass is 16.5. The number of hydrogen-bond donors (Lipinski definition) is 2. The summed E-state index contributed by atoms with van der Waals surface area (Å²) in [7, 11) is 0. The molecular weight excluding hydrogens is 282 g/mol. The molecule has 3 rings (SSSR count). The predicted octanol–water partition coefficient (Wildman–Crippen LogP) is 2.65. The minimum absolute atomic E-state index is 0.224. The van der Waals surface area contributed by atoms with Crippen molar-refractivity contribution in [2.75, 3.05) is 18.5 Å². The van der Waals surface area contributed by atoms with E-state index >= 15 is 0 Å². The van der Waals surface area contributed by atoms with Crippen molar-refractivity contribution in [2.24, 2.45) is 0 Å². The molecule has 0 aromatic heterocycles. The van der Waals surface area contributed by atoms with Gasteiger partial charge in [0.1, 0.15) is 12.2 Å². The summed E-state index contributed by atoms with van der Waals surface area (Å²) in [5.41, 5.74) is 1.43. The van der Waals surface area contributed by atoms with Gasteiger partial charge in [0.15, 0.2) is 0 Å². The van der Waals surface area contributed by atoms with Crippen LogP contribution in [0.5, 0.6) is 0 Å². The van der Waals surface area contributed by atoms with Crippen LogP contribution >= 0.6 is 0 Å². The molecule has 1 saturated heterocycles. The van der Waals surface area contributed by atoms with Crippen molar-refractivity contribution in [1.82, 2.24) is 0 Å². The second kappa shape index (κ2) is 6.17. The average molecular weight is 299 g/mol. The fourth-order valence-corrected chi connectivity index (χ4v) is 2.20. The van der Waals surface area contributed by atoms with Crippen LogP contribution in [-0.4, -0.2) is 24.4 Å². The topological polar surface area (TPSA) is 67.8 Å². The lowest BCUT2D eigenvalue weighted by Gasteiger charge is -2.36. The Morgan fingerprint density at radius 2 is 1.82 bits per heavy atom. The number of carbonyl (C=O) groups excluding carboxylic acids is 1. The number of benzene rings is 2. The smallest absolute Gasteiger partial charge is 0.411 e. The van der Waals surface area contributed by atoms with Gasteiger partial charge in [0.25, 0.3) is 0 Å². The Labute approximate surface area is 128 Å². The van der Waals surface area contributed by atoms with E-state index in [9.17, 15) is 9.90 Å². The van der Waals surface area contributed by atoms with Crippen molar-refractivity contribution < 1.29 is 19.4 Å². The highest BCUT2D eigenvalue weighted by Gasteiger charge is 2.37. The summed E-state index contributed by atoms with van der Waals surface area (Å²) in [5.74, 6) is 0. The van der Waals surface area contributed by atoms with Crippen LogP contribution in [0.2, 0.25) is 0 Å². The summed E-state index contributed by atoms with van der Waals surface area (Å²) in [4.78, 5) is 11.7. The lowest BCUT2D eigenvalue weighted by atomic mass is 9.92. The van der Waals surface area contributed by atoms with Crippen LogP contribution in [0.3, 0.4) is 0 Å². The number of amides is 1. The maximum Gasteiger partial charge on any atom is 0.411 e. The molecular formula is C17H17NO4. The van der Waals surface area contributed by atoms with E-state index in [0.29, 0.717) is 18.9 Å². The minimum atomic E-state index is -0.896. The highest BCUT2D eigenvalue weighted by molar-refractivity contribution is 5.84. The molecule has 2 N–H and O–H groups in total. The molecule has 0 bridgehead atoms. The zero-order valence-corrected chi connectivity index (χ0v) is 12.0. The van der Waals surface area contributed by atoms with E-state index in [4.69, 9.17) is 9.47 Å². The predicted molar refractivity (Wildman–Crippen MR) is 81.4 cm³/mol. The molecule has 0 spiro atoms. The van der Waals surface area contributed by atoms with E-state index in [1.807, 2.05) is 30.3 Å². The van der Waals surface area contributed by atoms with Crippen molar-refractivity contribution >= 4 is 11.8 Å². The van der Waals surface area contributed by atoms with E-state index in [0.717, 1.165) is 11.1 Å². The van der Waals surface area contributed by atoms with E-state index in [2.05, 4.69) is 5.32 Å². The summed E-state index contributed by atoms with van der Waals surface area (Å²) in [6.45, 7) is 0.833. The maximum atomic E-state index is 11.7. The molecule has 0 atom stereocenters. The minimum Gasteiger partial charge on any atom is -0.444 e. The van der Waals surface area contributed by atoms with Crippen LogP contribution in [-0.2, 0) is 21.7 Å². The third-order valence-corrected chi connectivity index (χ3v) is 3.56. The van der Waals surface area contributed by atoms with Gasteiger partial charge in [-0.1, -0.05) is 42.5 Å². The van der Waals surface area contributed by atoms with E-state index in [-0.39, 0.29) is 6.61 Å². The summed E-state index contributed by atoms with van der Waals surface area (Å²) < 4.78 is 10.2. The number of nitrogens with one attached hydrogen (secondary N) is 1. The van der Waals surface area contributed by atoms with Gasteiger partial charge in [-0.3, -0.25) is 5.32 Å². The summed E-state index contributed by atoms with van der Waals surface area (Å²) in [6, 6.07) is 16.5. The fraction of sp³-hybridized carbons (Fsp3) is 0.235. The van der Waals surface area contributed by atoms with E-state index in [1.165, 1.54) is 0 Å². The van der Waals surface area contributed by atoms with Crippen LogP contribution in [0.4, 0.5) is 10.5 Å². The van der Waals surface area contributed by atoms with Gasteiger partial charge in [-0.15, -0.1) is 0 Å². The molecule has 5 nitrogen and oxygen atoms in total. The lowest BCUT2D eigenvalue weighted by molar-refractivity contribution is -0.184. The third-order valence-electron chi connectivity index (χ3n) is 3.56. The molecule has 0 unspecified atom stereocenters. The largest absolute Gasteiger partial charge is 0.444 e. The maximum absolute atomic E-state index is 11.7. The van der Waals surface area contributed by atoms with Crippen LogP contribution in [0.25, 0.3) is 0 Å². The molecule has 2 aromatic rings.